The van der Waals surface area contributed by atoms with Gasteiger partial charge >= 0.3 is 0 Å². The number of nitrogens with zero attached hydrogens (tertiary/aromatic N) is 1. The first-order valence-electron chi connectivity index (χ1n) is 4.19. The lowest BCUT2D eigenvalue weighted by Crippen LogP contribution is -2.29. The molecule has 0 aromatic heterocycles. The van der Waals surface area contributed by atoms with Crippen LogP contribution in [0.5, 0.6) is 0 Å². The zero-order valence-corrected chi connectivity index (χ0v) is 8.78. The van der Waals surface area contributed by atoms with Crippen molar-refractivity contribution >= 4 is 15.9 Å². The molecule has 1 aliphatic rings. The summed E-state index contributed by atoms with van der Waals surface area (Å²) >= 11 is 3.34. The van der Waals surface area contributed by atoms with Crippen LogP contribution in [-0.2, 0) is 0 Å². The molecule has 1 saturated heterocycles. The molecule has 1 aliphatic heterocycles. The van der Waals surface area contributed by atoms with Crippen molar-refractivity contribution in [1.82, 2.24) is 4.90 Å². The highest BCUT2D eigenvalue weighted by molar-refractivity contribution is 9.09. The van der Waals surface area contributed by atoms with Gasteiger partial charge in [0.2, 0.25) is 0 Å². The minimum absolute atomic E-state index is 0.0298. The van der Waals surface area contributed by atoms with E-state index in [2.05, 4.69) is 22.9 Å². The standard InChI is InChI=1S/C8H14BrF2N/c1-7(4-9)5-12-3-2-8(10,11)6-12/h7H,2-6H2,1H3. The van der Waals surface area contributed by atoms with E-state index in [1.165, 1.54) is 0 Å². The van der Waals surface area contributed by atoms with Gasteiger partial charge in [-0.25, -0.2) is 8.78 Å². The summed E-state index contributed by atoms with van der Waals surface area (Å²) < 4.78 is 25.4. The lowest BCUT2D eigenvalue weighted by Gasteiger charge is -2.18. The van der Waals surface area contributed by atoms with Crippen molar-refractivity contribution in [2.24, 2.45) is 5.92 Å². The molecule has 0 radical (unpaired) electrons. The monoisotopic (exact) mass is 241 g/mol. The topological polar surface area (TPSA) is 3.24 Å². The predicted octanol–water partition coefficient (Wildman–Crippen LogP) is 2.36. The Balaban J connectivity index is 2.28. The number of alkyl halides is 3. The summed E-state index contributed by atoms with van der Waals surface area (Å²) in [4.78, 5) is 1.84. The Kier molecular flexibility index (Phi) is 3.47. The van der Waals surface area contributed by atoms with Gasteiger partial charge in [-0.2, -0.15) is 0 Å². The van der Waals surface area contributed by atoms with Crippen LogP contribution in [0.15, 0.2) is 0 Å². The molecule has 0 N–H and O–H groups in total. The van der Waals surface area contributed by atoms with Gasteiger partial charge < -0.3 is 0 Å². The van der Waals surface area contributed by atoms with Crippen LogP contribution in [0.3, 0.4) is 0 Å². The Morgan fingerprint density at radius 2 is 2.25 bits per heavy atom. The molecule has 1 heterocycles. The van der Waals surface area contributed by atoms with Crippen LogP contribution in [0, 0.1) is 5.92 Å². The normalized spacial score (nSPS) is 26.0. The van der Waals surface area contributed by atoms with E-state index in [1.54, 1.807) is 0 Å². The lowest BCUT2D eigenvalue weighted by atomic mass is 10.2. The highest BCUT2D eigenvalue weighted by Gasteiger charge is 2.38. The third-order valence-corrected chi connectivity index (χ3v) is 3.19. The van der Waals surface area contributed by atoms with E-state index in [1.807, 2.05) is 4.90 Å². The van der Waals surface area contributed by atoms with Crippen LogP contribution in [-0.4, -0.2) is 35.8 Å². The summed E-state index contributed by atoms with van der Waals surface area (Å²) in [5.74, 6) is -1.98. The van der Waals surface area contributed by atoms with Crippen molar-refractivity contribution in [1.29, 1.82) is 0 Å². The lowest BCUT2D eigenvalue weighted by molar-refractivity contribution is 0.0114. The van der Waals surface area contributed by atoms with Crippen molar-refractivity contribution in [2.75, 3.05) is 25.0 Å². The van der Waals surface area contributed by atoms with Gasteiger partial charge in [0.15, 0.2) is 0 Å². The highest BCUT2D eigenvalue weighted by Crippen LogP contribution is 2.27. The van der Waals surface area contributed by atoms with Crippen LogP contribution >= 0.6 is 15.9 Å². The first kappa shape index (κ1) is 10.4. The fourth-order valence-electron chi connectivity index (χ4n) is 1.45. The third-order valence-electron chi connectivity index (χ3n) is 2.08. The van der Waals surface area contributed by atoms with Gasteiger partial charge in [0.25, 0.3) is 5.92 Å². The van der Waals surface area contributed by atoms with E-state index in [0.717, 1.165) is 11.9 Å². The van der Waals surface area contributed by atoms with Gasteiger partial charge in [0.1, 0.15) is 0 Å². The molecule has 12 heavy (non-hydrogen) atoms. The largest absolute Gasteiger partial charge is 0.297 e. The molecule has 1 atom stereocenters. The summed E-state index contributed by atoms with van der Waals surface area (Å²) in [5.41, 5.74) is 0. The average Bonchev–Trinajstić information content (AvgIpc) is 2.30. The Bertz CT molecular complexity index is 152. The third kappa shape index (κ3) is 2.98. The summed E-state index contributed by atoms with van der Waals surface area (Å²) in [7, 11) is 0. The quantitative estimate of drug-likeness (QED) is 0.686. The van der Waals surface area contributed by atoms with Crippen molar-refractivity contribution < 1.29 is 8.78 Å². The maximum Gasteiger partial charge on any atom is 0.261 e. The smallest absolute Gasteiger partial charge is 0.261 e. The molecule has 0 aromatic carbocycles. The highest BCUT2D eigenvalue weighted by atomic mass is 79.9. The summed E-state index contributed by atoms with van der Waals surface area (Å²) in [6.45, 7) is 3.33. The van der Waals surface area contributed by atoms with E-state index >= 15 is 0 Å². The summed E-state index contributed by atoms with van der Waals surface area (Å²) in [6.07, 6.45) is 0.0298. The van der Waals surface area contributed by atoms with Crippen molar-refractivity contribution in [3.05, 3.63) is 0 Å². The molecular weight excluding hydrogens is 228 g/mol. The van der Waals surface area contributed by atoms with Gasteiger partial charge in [0, 0.05) is 24.8 Å². The molecule has 1 nitrogen and oxygen atoms in total. The number of hydrogen-bond acceptors (Lipinski definition) is 1. The molecule has 0 aliphatic carbocycles. The Morgan fingerprint density at radius 3 is 2.67 bits per heavy atom. The molecule has 72 valence electrons. The molecular formula is C8H14BrF2N. The van der Waals surface area contributed by atoms with Crippen LogP contribution in [0.25, 0.3) is 0 Å². The Hall–Kier alpha value is 0.300. The second kappa shape index (κ2) is 4.01. The van der Waals surface area contributed by atoms with Gasteiger partial charge in [-0.1, -0.05) is 22.9 Å². The van der Waals surface area contributed by atoms with Crippen LogP contribution in [0.1, 0.15) is 13.3 Å². The summed E-state index contributed by atoms with van der Waals surface area (Å²) in [6, 6.07) is 0. The SMILES string of the molecule is CC(CBr)CN1CCC(F)(F)C1. The van der Waals surface area contributed by atoms with Gasteiger partial charge in [-0.3, -0.25) is 4.90 Å². The van der Waals surface area contributed by atoms with Gasteiger partial charge in [-0.15, -0.1) is 0 Å². The minimum atomic E-state index is -2.44. The van der Waals surface area contributed by atoms with Crippen LogP contribution < -0.4 is 0 Å². The molecule has 0 saturated carbocycles. The number of hydrogen-bond donors (Lipinski definition) is 0. The van der Waals surface area contributed by atoms with Crippen LogP contribution in [0.4, 0.5) is 8.78 Å². The number of halogens is 3. The molecule has 4 heteroatoms. The minimum Gasteiger partial charge on any atom is -0.297 e. The molecule has 0 aromatic rings. The number of likely N-dealkylation sites (tertiary alicyclic amines) is 1. The average molecular weight is 242 g/mol. The van der Waals surface area contributed by atoms with E-state index in [-0.39, 0.29) is 13.0 Å². The first-order valence-corrected chi connectivity index (χ1v) is 5.32. The second-order valence-electron chi connectivity index (χ2n) is 3.60. The second-order valence-corrected chi connectivity index (χ2v) is 4.25. The van der Waals surface area contributed by atoms with Gasteiger partial charge in [0.05, 0.1) is 6.54 Å². The molecule has 1 rings (SSSR count). The van der Waals surface area contributed by atoms with Crippen LogP contribution in [0.2, 0.25) is 0 Å². The fraction of sp³-hybridized carbons (Fsp3) is 1.00. The Labute approximate surface area is 80.2 Å². The van der Waals surface area contributed by atoms with Crippen molar-refractivity contribution in [2.45, 2.75) is 19.3 Å². The predicted molar refractivity (Wildman–Crippen MR) is 49.0 cm³/mol. The zero-order valence-electron chi connectivity index (χ0n) is 7.19. The van der Waals surface area contributed by atoms with E-state index in [9.17, 15) is 8.78 Å². The first-order chi connectivity index (χ1) is 5.53. The maximum absolute atomic E-state index is 12.7. The maximum atomic E-state index is 12.7. The molecule has 0 amide bonds. The molecule has 0 bridgehead atoms. The molecule has 1 unspecified atom stereocenters. The fourth-order valence-corrected chi connectivity index (χ4v) is 1.66. The van der Waals surface area contributed by atoms with E-state index < -0.39 is 5.92 Å². The van der Waals surface area contributed by atoms with Crippen molar-refractivity contribution in [3.63, 3.8) is 0 Å². The van der Waals surface area contributed by atoms with Crippen molar-refractivity contribution in [3.8, 4) is 0 Å². The summed E-state index contributed by atoms with van der Waals surface area (Å²) in [5, 5.41) is 0.884. The van der Waals surface area contributed by atoms with E-state index in [4.69, 9.17) is 0 Å². The Morgan fingerprint density at radius 1 is 1.58 bits per heavy atom. The zero-order chi connectivity index (χ0) is 9.19. The van der Waals surface area contributed by atoms with Gasteiger partial charge in [-0.05, 0) is 5.92 Å². The van der Waals surface area contributed by atoms with E-state index in [0.29, 0.717) is 12.5 Å². The number of rotatable bonds is 3. The molecule has 1 fully saturated rings. The molecule has 0 spiro atoms.